The van der Waals surface area contributed by atoms with E-state index in [1.54, 1.807) is 0 Å². The van der Waals surface area contributed by atoms with E-state index >= 15 is 0 Å². The molecule has 0 radical (unpaired) electrons. The molecule has 0 unspecified atom stereocenters. The van der Waals surface area contributed by atoms with Gasteiger partial charge in [0, 0.05) is 11.4 Å². The minimum absolute atomic E-state index is 0.895. The first-order chi connectivity index (χ1) is 17.3. The van der Waals surface area contributed by atoms with Crippen LogP contribution in [0.3, 0.4) is 0 Å². The number of anilines is 2. The second-order valence-electron chi connectivity index (χ2n) is 9.89. The summed E-state index contributed by atoms with van der Waals surface area (Å²) in [5.41, 5.74) is 14.3. The van der Waals surface area contributed by atoms with Gasteiger partial charge in [-0.25, -0.2) is 9.98 Å². The molecule has 0 saturated carbocycles. The van der Waals surface area contributed by atoms with Gasteiger partial charge in [0.2, 0.25) is 0 Å². The normalized spacial score (nSPS) is 17.1. The van der Waals surface area contributed by atoms with Crippen molar-refractivity contribution in [2.45, 2.75) is 81.1 Å². The van der Waals surface area contributed by atoms with E-state index < -0.39 is 0 Å². The van der Waals surface area contributed by atoms with Crippen molar-refractivity contribution in [1.29, 1.82) is 0 Å². The van der Waals surface area contributed by atoms with E-state index in [1.165, 1.54) is 44.5 Å². The van der Waals surface area contributed by atoms with Crippen molar-refractivity contribution in [1.82, 2.24) is 15.3 Å². The van der Waals surface area contributed by atoms with Gasteiger partial charge in [-0.2, -0.15) is 0 Å². The zero-order valence-corrected chi connectivity index (χ0v) is 22.9. The van der Waals surface area contributed by atoms with Crippen LogP contribution in [0.2, 0.25) is 0 Å². The third kappa shape index (κ3) is 3.71. The minimum atomic E-state index is 0.895. The highest BCUT2D eigenvalue weighted by Crippen LogP contribution is 2.36. The van der Waals surface area contributed by atoms with E-state index in [-0.39, 0.29) is 0 Å². The molecule has 0 atom stereocenters. The average Bonchev–Trinajstić information content (AvgIpc) is 3.51. The van der Waals surface area contributed by atoms with Crippen molar-refractivity contribution >= 4 is 35.5 Å². The maximum Gasteiger partial charge on any atom is 0.135 e. The average molecular weight is 483 g/mol. The van der Waals surface area contributed by atoms with E-state index in [2.05, 4.69) is 88.1 Å². The fourth-order valence-corrected chi connectivity index (χ4v) is 5.82. The number of hydrogen-bond acceptors (Lipinski definition) is 4. The maximum atomic E-state index is 5.07. The summed E-state index contributed by atoms with van der Waals surface area (Å²) in [4.78, 5) is 17.5. The third-order valence-corrected chi connectivity index (χ3v) is 7.99. The molecule has 0 aliphatic carbocycles. The van der Waals surface area contributed by atoms with Gasteiger partial charge in [-0.1, -0.05) is 27.7 Å². The van der Waals surface area contributed by atoms with Crippen LogP contribution in [0.4, 0.5) is 11.6 Å². The summed E-state index contributed by atoms with van der Waals surface area (Å²) in [7, 11) is 0. The number of amidine groups is 2. The third-order valence-electron chi connectivity index (χ3n) is 7.99. The second kappa shape index (κ2) is 9.16. The number of aromatic nitrogens is 2. The number of H-pyrrole nitrogens is 2. The van der Waals surface area contributed by atoms with E-state index in [0.717, 1.165) is 71.8 Å². The number of nitrogens with one attached hydrogen (secondary N) is 4. The fourth-order valence-electron chi connectivity index (χ4n) is 5.82. The number of hydrogen-bond donors (Lipinski definition) is 4. The van der Waals surface area contributed by atoms with E-state index in [1.807, 2.05) is 0 Å². The first-order valence-electron chi connectivity index (χ1n) is 13.3. The minimum Gasteiger partial charge on any atom is -0.341 e. The fraction of sp³-hybridized carbons (Fsp3) is 0.400. The molecule has 0 amide bonds. The Balaban J connectivity index is 1.77. The largest absolute Gasteiger partial charge is 0.341 e. The zero-order valence-electron chi connectivity index (χ0n) is 22.9. The zero-order chi connectivity index (χ0) is 25.7. The van der Waals surface area contributed by atoms with Gasteiger partial charge in [-0.3, -0.25) is 0 Å². The summed E-state index contributed by atoms with van der Waals surface area (Å²) in [5.74, 6) is 3.85. The first kappa shape index (κ1) is 24.2. The summed E-state index contributed by atoms with van der Waals surface area (Å²) in [6, 6.07) is 0. The van der Waals surface area contributed by atoms with E-state index in [9.17, 15) is 0 Å². The molecule has 0 spiro atoms. The lowest BCUT2D eigenvalue weighted by atomic mass is 10.0. The quantitative estimate of drug-likeness (QED) is 0.366. The summed E-state index contributed by atoms with van der Waals surface area (Å²) in [6.07, 6.45) is 8.18. The number of nitrogens with zero attached hydrogens (tertiary/aromatic N) is 2. The predicted octanol–water partition coefficient (Wildman–Crippen LogP) is 7.39. The van der Waals surface area contributed by atoms with E-state index in [0.29, 0.717) is 0 Å². The Bertz CT molecular complexity index is 1340. The van der Waals surface area contributed by atoms with Crippen molar-refractivity contribution < 1.29 is 0 Å². The maximum absolute atomic E-state index is 5.07. The molecule has 2 aromatic heterocycles. The Morgan fingerprint density at radius 3 is 1.36 bits per heavy atom. The number of aromatic amines is 2. The van der Waals surface area contributed by atoms with Crippen molar-refractivity contribution in [3.05, 3.63) is 67.3 Å². The molecule has 0 fully saturated rings. The van der Waals surface area contributed by atoms with Crippen LogP contribution >= 0.6 is 0 Å². The molecule has 3 aliphatic rings. The molecule has 5 heterocycles. The Morgan fingerprint density at radius 2 is 1.00 bits per heavy atom. The molecule has 188 valence electrons. The smallest absolute Gasteiger partial charge is 0.135 e. The molecule has 2 aromatic rings. The SMILES string of the molecule is CCC1=C(C)C2=NC1=Cc1[nH]c(c(C)c1CC)Nc1[nH]c(c(CC)c1C)C=C1N=C(N2)C(C)=C1CC. The molecule has 0 aromatic carbocycles. The Hall–Kier alpha value is -3.54. The van der Waals surface area contributed by atoms with Crippen LogP contribution in [0.15, 0.2) is 43.7 Å². The van der Waals surface area contributed by atoms with Gasteiger partial charge >= 0.3 is 0 Å². The number of aliphatic imine (C=N–C) groups is 2. The second-order valence-corrected chi connectivity index (χ2v) is 9.89. The summed E-state index contributed by atoms with van der Waals surface area (Å²) in [6.45, 7) is 17.5. The molecule has 36 heavy (non-hydrogen) atoms. The topological polar surface area (TPSA) is 80.4 Å². The van der Waals surface area contributed by atoms with Gasteiger partial charge in [0.25, 0.3) is 0 Å². The molecule has 6 heteroatoms. The Morgan fingerprint density at radius 1 is 0.583 bits per heavy atom. The molecule has 3 aliphatic heterocycles. The van der Waals surface area contributed by atoms with Crippen LogP contribution in [-0.4, -0.2) is 21.6 Å². The highest BCUT2D eigenvalue weighted by molar-refractivity contribution is 6.18. The lowest BCUT2D eigenvalue weighted by molar-refractivity contribution is 1.09. The van der Waals surface area contributed by atoms with Crippen molar-refractivity contribution in [3.63, 3.8) is 0 Å². The highest BCUT2D eigenvalue weighted by Gasteiger charge is 2.26. The van der Waals surface area contributed by atoms with Crippen LogP contribution in [0.5, 0.6) is 0 Å². The molecular weight excluding hydrogens is 444 g/mol. The molecule has 4 N–H and O–H groups in total. The first-order valence-corrected chi connectivity index (χ1v) is 13.3. The van der Waals surface area contributed by atoms with Crippen molar-refractivity contribution in [3.8, 4) is 0 Å². The van der Waals surface area contributed by atoms with E-state index in [4.69, 9.17) is 9.98 Å². The summed E-state index contributed by atoms with van der Waals surface area (Å²) in [5, 5.41) is 7.29. The molecule has 5 rings (SSSR count). The number of rotatable bonds is 4. The molecular formula is C30H38N6. The molecule has 0 saturated heterocycles. The van der Waals surface area contributed by atoms with Gasteiger partial charge in [-0.15, -0.1) is 0 Å². The van der Waals surface area contributed by atoms with Gasteiger partial charge in [0.05, 0.1) is 11.4 Å². The number of allylic oxidation sites excluding steroid dienone is 2. The van der Waals surface area contributed by atoms with Crippen molar-refractivity contribution in [2.75, 3.05) is 5.32 Å². The van der Waals surface area contributed by atoms with Gasteiger partial charge in [-0.05, 0) is 110 Å². The molecule has 8 bridgehead atoms. The van der Waals surface area contributed by atoms with Crippen LogP contribution in [-0.2, 0) is 12.8 Å². The van der Waals surface area contributed by atoms with Crippen molar-refractivity contribution in [2.24, 2.45) is 9.98 Å². The summed E-state index contributed by atoms with van der Waals surface area (Å²) >= 11 is 0. The summed E-state index contributed by atoms with van der Waals surface area (Å²) < 4.78 is 0. The van der Waals surface area contributed by atoms with Crippen LogP contribution in [0.1, 0.15) is 88.0 Å². The van der Waals surface area contributed by atoms with Gasteiger partial charge < -0.3 is 20.6 Å². The monoisotopic (exact) mass is 482 g/mol. The Labute approximate surface area is 214 Å². The highest BCUT2D eigenvalue weighted by atomic mass is 15.1. The Kier molecular flexibility index (Phi) is 6.15. The standard InChI is InChI=1S/C30H38N6/c1-9-19-15(5)27-31-23(19)13-24-20(10-2)16(6)29(32-24)36-30-18(8)22(12-4)26(34-30)14-25-21(11-3)17(7)28(33-25)35-27/h13-14,31,33,35H,9-12H2,1-8H3,(H,32,34,36). The van der Waals surface area contributed by atoms with Gasteiger partial charge in [0.1, 0.15) is 23.3 Å². The number of fused-ring (bicyclic) bond motifs is 6. The predicted molar refractivity (Wildman–Crippen MR) is 153 cm³/mol. The lowest BCUT2D eigenvalue weighted by Crippen LogP contribution is -2.30. The van der Waals surface area contributed by atoms with Gasteiger partial charge in [0.15, 0.2) is 0 Å². The molecule has 6 nitrogen and oxygen atoms in total. The lowest BCUT2D eigenvalue weighted by Gasteiger charge is -2.08. The van der Waals surface area contributed by atoms with Crippen LogP contribution in [0.25, 0.3) is 12.2 Å². The van der Waals surface area contributed by atoms with Crippen LogP contribution < -0.4 is 10.6 Å². The van der Waals surface area contributed by atoms with Crippen LogP contribution in [0, 0.1) is 13.8 Å².